The number of imide groups is 1. The zero-order chi connectivity index (χ0) is 38.8. The number of aromatic nitrogens is 5. The van der Waals surface area contributed by atoms with Gasteiger partial charge in [-0.3, -0.25) is 4.98 Å². The maximum atomic E-state index is 14.4. The first-order chi connectivity index (χ1) is 24.9. The van der Waals surface area contributed by atoms with Gasteiger partial charge >= 0.3 is 18.3 Å². The summed E-state index contributed by atoms with van der Waals surface area (Å²) in [6.07, 6.45) is 0.713. The third kappa shape index (κ3) is 8.29. The van der Waals surface area contributed by atoms with Crippen LogP contribution in [0.4, 0.5) is 34.7 Å². The number of amides is 3. The summed E-state index contributed by atoms with van der Waals surface area (Å²) >= 11 is 0. The summed E-state index contributed by atoms with van der Waals surface area (Å²) in [6, 6.07) is 5.16. The molecule has 5 rings (SSSR count). The molecule has 3 amide bonds. The van der Waals surface area contributed by atoms with E-state index >= 15 is 0 Å². The quantitative estimate of drug-likeness (QED) is 0.183. The minimum atomic E-state index is -1.63. The van der Waals surface area contributed by atoms with E-state index in [1.165, 1.54) is 19.5 Å². The topological polar surface area (TPSA) is 185 Å². The van der Waals surface area contributed by atoms with Crippen LogP contribution in [-0.2, 0) is 16.0 Å². The van der Waals surface area contributed by atoms with E-state index in [0.717, 1.165) is 18.5 Å². The fourth-order valence-electron chi connectivity index (χ4n) is 6.44. The molecule has 284 valence electrons. The van der Waals surface area contributed by atoms with Gasteiger partial charge in [0.05, 0.1) is 49.2 Å². The lowest BCUT2D eigenvalue weighted by Gasteiger charge is -2.48. The lowest BCUT2D eigenvalue weighted by atomic mass is 9.75. The van der Waals surface area contributed by atoms with E-state index in [1.54, 1.807) is 37.6 Å². The predicted molar refractivity (Wildman–Crippen MR) is 190 cm³/mol. The Morgan fingerprint density at radius 1 is 1.08 bits per heavy atom. The monoisotopic (exact) mass is 738 g/mol. The van der Waals surface area contributed by atoms with Crippen molar-refractivity contribution in [2.75, 3.05) is 30.0 Å². The number of alkyl carbamates (subject to hydrolysis) is 1. The van der Waals surface area contributed by atoms with Crippen molar-refractivity contribution >= 4 is 40.9 Å². The number of piperidine rings is 1. The van der Waals surface area contributed by atoms with Crippen molar-refractivity contribution in [2.24, 2.45) is 11.8 Å². The lowest BCUT2D eigenvalue weighted by molar-refractivity contribution is -0.00458. The van der Waals surface area contributed by atoms with Crippen LogP contribution in [0.5, 0.6) is 0 Å². The van der Waals surface area contributed by atoms with Crippen molar-refractivity contribution in [3.05, 3.63) is 60.3 Å². The molecule has 3 aromatic heterocycles. The molecule has 3 unspecified atom stereocenters. The highest BCUT2D eigenvalue weighted by molar-refractivity contribution is 6.11. The fraction of sp³-hybridized carbons (Fsp3) is 0.472. The van der Waals surface area contributed by atoms with E-state index in [-0.39, 0.29) is 41.9 Å². The average Bonchev–Trinajstić information content (AvgIpc) is 3.51. The number of benzene rings is 1. The van der Waals surface area contributed by atoms with Crippen molar-refractivity contribution < 1.29 is 42.9 Å². The molecular weight excluding hydrogens is 694 g/mol. The number of fused-ring (bicyclic) bond motifs is 1. The number of pyridine rings is 1. The van der Waals surface area contributed by atoms with E-state index in [2.05, 4.69) is 25.3 Å². The Kier molecular flexibility index (Phi) is 11.2. The van der Waals surface area contributed by atoms with Gasteiger partial charge in [0.1, 0.15) is 11.9 Å². The third-order valence-corrected chi connectivity index (χ3v) is 9.40. The Balaban J connectivity index is 1.61. The smallest absolute Gasteiger partial charge is 0.425 e. The largest absolute Gasteiger partial charge is 0.464 e. The van der Waals surface area contributed by atoms with E-state index in [4.69, 9.17) is 9.47 Å². The normalized spacial score (nSPS) is 17.4. The molecule has 1 aromatic carbocycles. The van der Waals surface area contributed by atoms with Gasteiger partial charge in [-0.15, -0.1) is 0 Å². The van der Waals surface area contributed by atoms with Gasteiger partial charge in [-0.1, -0.05) is 20.8 Å². The van der Waals surface area contributed by atoms with Gasteiger partial charge in [-0.05, 0) is 75.3 Å². The Labute approximate surface area is 305 Å². The van der Waals surface area contributed by atoms with Gasteiger partial charge < -0.3 is 34.5 Å². The number of nitrogens with one attached hydrogen (secondary N) is 1. The Hall–Kier alpha value is -5.45. The number of halogens is 2. The second kappa shape index (κ2) is 15.3. The molecule has 1 saturated heterocycles. The molecule has 3 N–H and O–H groups in total. The van der Waals surface area contributed by atoms with Crippen LogP contribution in [0.2, 0.25) is 0 Å². The Morgan fingerprint density at radius 2 is 1.81 bits per heavy atom. The van der Waals surface area contributed by atoms with Crippen LogP contribution in [0.1, 0.15) is 59.9 Å². The molecule has 53 heavy (non-hydrogen) atoms. The van der Waals surface area contributed by atoms with E-state index in [1.807, 2.05) is 25.7 Å². The molecule has 0 saturated carbocycles. The number of rotatable bonds is 9. The van der Waals surface area contributed by atoms with Crippen molar-refractivity contribution in [3.8, 4) is 11.3 Å². The molecule has 4 aromatic rings. The molecule has 0 aliphatic carbocycles. The van der Waals surface area contributed by atoms with Crippen molar-refractivity contribution in [1.29, 1.82) is 0 Å². The second-order valence-electron chi connectivity index (χ2n) is 14.5. The van der Waals surface area contributed by atoms with Crippen LogP contribution >= 0.6 is 0 Å². The summed E-state index contributed by atoms with van der Waals surface area (Å²) in [4.78, 5) is 57.7. The van der Waals surface area contributed by atoms with Gasteiger partial charge in [0.25, 0.3) is 0 Å². The standard InChI is InChI=1S/C36H44F2N8O7/c1-20(2)21(3)29(47)36(43-32(48)52-7)11-8-12-44(17-36)27-15-39-26(22-9-10-24(37)25(38)13-22)14-23(27)16-45-19-42-28-30(45)40-18-41-31(28)46(33(49)50)34(51)53-35(4,5)6/h9-10,13-15,18-21,29,47H,8,11-12,16-17H2,1-7H3,(H,43,48)(H,49,50). The molecule has 15 nitrogen and oxygen atoms in total. The SMILES string of the molecule is COC(=O)NC1(C(O)C(C)C(C)C)CCCN(c2cnc(-c3ccc(F)c(F)c3)cc2Cn2cnc3c(N(C(=O)O)C(=O)OC(C)(C)C)ncnc32)C1. The van der Waals surface area contributed by atoms with E-state index in [9.17, 15) is 33.4 Å². The number of carboxylic acid groups (broad SMARTS) is 1. The minimum Gasteiger partial charge on any atom is -0.464 e. The first-order valence-electron chi connectivity index (χ1n) is 17.1. The first-order valence-corrected chi connectivity index (χ1v) is 17.1. The lowest BCUT2D eigenvalue weighted by Crippen LogP contribution is -2.66. The summed E-state index contributed by atoms with van der Waals surface area (Å²) in [7, 11) is 1.26. The number of ether oxygens (including phenoxy) is 2. The highest BCUT2D eigenvalue weighted by Gasteiger charge is 2.46. The van der Waals surface area contributed by atoms with Crippen LogP contribution in [0, 0.1) is 23.5 Å². The molecule has 4 heterocycles. The number of anilines is 2. The van der Waals surface area contributed by atoms with Crippen LogP contribution in [0.15, 0.2) is 43.1 Å². The highest BCUT2D eigenvalue weighted by Crippen LogP contribution is 2.36. The fourth-order valence-corrected chi connectivity index (χ4v) is 6.44. The van der Waals surface area contributed by atoms with Crippen molar-refractivity contribution in [3.63, 3.8) is 0 Å². The second-order valence-corrected chi connectivity index (χ2v) is 14.5. The number of hydrogen-bond donors (Lipinski definition) is 3. The van der Waals surface area contributed by atoms with Crippen molar-refractivity contribution in [1.82, 2.24) is 29.8 Å². The number of aliphatic hydroxyl groups is 1. The van der Waals surface area contributed by atoms with Gasteiger partial charge in [0, 0.05) is 18.7 Å². The molecule has 17 heteroatoms. The van der Waals surface area contributed by atoms with Crippen LogP contribution < -0.4 is 15.1 Å². The highest BCUT2D eigenvalue weighted by atomic mass is 19.2. The number of aliphatic hydroxyl groups excluding tert-OH is 1. The number of nitrogens with zero attached hydrogens (tertiary/aromatic N) is 7. The van der Waals surface area contributed by atoms with Gasteiger partial charge in [-0.2, -0.15) is 4.90 Å². The molecule has 0 spiro atoms. The Morgan fingerprint density at radius 3 is 2.45 bits per heavy atom. The van der Waals surface area contributed by atoms with Crippen LogP contribution in [-0.4, -0.2) is 90.4 Å². The van der Waals surface area contributed by atoms with Crippen LogP contribution in [0.3, 0.4) is 0 Å². The summed E-state index contributed by atoms with van der Waals surface area (Å²) in [6.45, 7) is 11.5. The summed E-state index contributed by atoms with van der Waals surface area (Å²) < 4.78 is 40.1. The molecule has 1 aliphatic rings. The maximum absolute atomic E-state index is 14.4. The molecule has 1 fully saturated rings. The number of imidazole rings is 1. The minimum absolute atomic E-state index is 0.00209. The number of carbonyl (C=O) groups excluding carboxylic acids is 2. The average molecular weight is 739 g/mol. The molecule has 3 atom stereocenters. The zero-order valence-corrected chi connectivity index (χ0v) is 30.6. The predicted octanol–water partition coefficient (Wildman–Crippen LogP) is 5.98. The number of carbonyl (C=O) groups is 3. The summed E-state index contributed by atoms with van der Waals surface area (Å²) in [5.41, 5.74) is -0.0559. The van der Waals surface area contributed by atoms with Gasteiger partial charge in [-0.25, -0.2) is 38.1 Å². The molecule has 0 bridgehead atoms. The Bertz CT molecular complexity index is 2000. The van der Waals surface area contributed by atoms with Crippen molar-refractivity contribution in [2.45, 2.75) is 78.2 Å². The maximum Gasteiger partial charge on any atom is 0.425 e. The van der Waals surface area contributed by atoms with Gasteiger partial charge in [0.15, 0.2) is 28.6 Å². The van der Waals surface area contributed by atoms with Crippen LogP contribution in [0.25, 0.3) is 22.4 Å². The molecular formula is C36H44F2N8O7. The number of methoxy groups -OCH3 is 1. The molecule has 0 radical (unpaired) electrons. The third-order valence-electron chi connectivity index (χ3n) is 9.40. The first kappa shape index (κ1) is 38.8. The number of hydrogen-bond acceptors (Lipinski definition) is 11. The van der Waals surface area contributed by atoms with E-state index in [0.29, 0.717) is 46.8 Å². The molecule has 1 aliphatic heterocycles. The van der Waals surface area contributed by atoms with Gasteiger partial charge in [0.2, 0.25) is 0 Å². The summed E-state index contributed by atoms with van der Waals surface area (Å²) in [5.74, 6) is -2.47. The van der Waals surface area contributed by atoms with E-state index < -0.39 is 47.2 Å². The summed E-state index contributed by atoms with van der Waals surface area (Å²) in [5, 5.41) is 24.7. The zero-order valence-electron chi connectivity index (χ0n) is 30.6.